The van der Waals surface area contributed by atoms with Gasteiger partial charge in [-0.15, -0.1) is 0 Å². The molecule has 2 rings (SSSR count). The van der Waals surface area contributed by atoms with Crippen LogP contribution in [0.4, 0.5) is 0 Å². The lowest BCUT2D eigenvalue weighted by molar-refractivity contribution is 0.212. The monoisotopic (exact) mass is 261 g/mol. The molecule has 2 N–H and O–H groups in total. The molecule has 2 nitrogen and oxygen atoms in total. The third kappa shape index (κ3) is 4.24. The topological polar surface area (TPSA) is 32.3 Å². The SMILES string of the molecule is CCCNC1CCC(C)CC1Cc1cccc(O)c1. The molecule has 0 heterocycles. The van der Waals surface area contributed by atoms with E-state index in [1.807, 2.05) is 12.1 Å². The summed E-state index contributed by atoms with van der Waals surface area (Å²) < 4.78 is 0. The second kappa shape index (κ2) is 6.95. The Hall–Kier alpha value is -1.02. The highest BCUT2D eigenvalue weighted by molar-refractivity contribution is 5.27. The first-order valence-electron chi connectivity index (χ1n) is 7.70. The van der Waals surface area contributed by atoms with Crippen molar-refractivity contribution in [2.24, 2.45) is 11.8 Å². The fourth-order valence-corrected chi connectivity index (χ4v) is 3.31. The van der Waals surface area contributed by atoms with Gasteiger partial charge in [0.05, 0.1) is 0 Å². The van der Waals surface area contributed by atoms with Gasteiger partial charge in [-0.05, 0) is 68.2 Å². The minimum Gasteiger partial charge on any atom is -0.508 e. The average molecular weight is 261 g/mol. The number of aromatic hydroxyl groups is 1. The van der Waals surface area contributed by atoms with Gasteiger partial charge < -0.3 is 10.4 Å². The molecule has 0 aliphatic heterocycles. The smallest absolute Gasteiger partial charge is 0.115 e. The fourth-order valence-electron chi connectivity index (χ4n) is 3.31. The van der Waals surface area contributed by atoms with Gasteiger partial charge in [0, 0.05) is 6.04 Å². The average Bonchev–Trinajstić information content (AvgIpc) is 2.38. The molecule has 1 aliphatic rings. The Balaban J connectivity index is 2.00. The minimum atomic E-state index is 0.388. The Morgan fingerprint density at radius 2 is 2.16 bits per heavy atom. The zero-order valence-corrected chi connectivity index (χ0v) is 12.2. The summed E-state index contributed by atoms with van der Waals surface area (Å²) in [4.78, 5) is 0. The van der Waals surface area contributed by atoms with Crippen molar-refractivity contribution in [1.29, 1.82) is 0 Å². The van der Waals surface area contributed by atoms with E-state index in [0.717, 1.165) is 18.9 Å². The highest BCUT2D eigenvalue weighted by atomic mass is 16.3. The maximum Gasteiger partial charge on any atom is 0.115 e. The predicted molar refractivity (Wildman–Crippen MR) is 80.4 cm³/mol. The summed E-state index contributed by atoms with van der Waals surface area (Å²) in [5.74, 6) is 1.93. The van der Waals surface area contributed by atoms with Crippen LogP contribution >= 0.6 is 0 Å². The molecule has 3 atom stereocenters. The van der Waals surface area contributed by atoms with Crippen molar-refractivity contribution in [1.82, 2.24) is 5.32 Å². The van der Waals surface area contributed by atoms with E-state index >= 15 is 0 Å². The molecule has 1 saturated carbocycles. The van der Waals surface area contributed by atoms with E-state index in [2.05, 4.69) is 25.2 Å². The lowest BCUT2D eigenvalue weighted by Crippen LogP contribution is -2.41. The van der Waals surface area contributed by atoms with Crippen LogP contribution < -0.4 is 5.32 Å². The van der Waals surface area contributed by atoms with Crippen LogP contribution in [0.1, 0.15) is 45.1 Å². The highest BCUT2D eigenvalue weighted by Crippen LogP contribution is 2.32. The maximum atomic E-state index is 9.59. The molecular weight excluding hydrogens is 234 g/mol. The molecule has 1 aromatic carbocycles. The molecule has 0 bridgehead atoms. The summed E-state index contributed by atoms with van der Waals surface area (Å²) in [6, 6.07) is 8.40. The van der Waals surface area contributed by atoms with Crippen LogP contribution in [0.3, 0.4) is 0 Å². The van der Waals surface area contributed by atoms with Crippen molar-refractivity contribution in [2.75, 3.05) is 6.54 Å². The first kappa shape index (κ1) is 14.4. The molecule has 19 heavy (non-hydrogen) atoms. The van der Waals surface area contributed by atoms with Gasteiger partial charge in [0.1, 0.15) is 5.75 Å². The lowest BCUT2D eigenvalue weighted by Gasteiger charge is -2.35. The van der Waals surface area contributed by atoms with Gasteiger partial charge in [0.25, 0.3) is 0 Å². The van der Waals surface area contributed by atoms with Gasteiger partial charge in [-0.3, -0.25) is 0 Å². The second-order valence-electron chi connectivity index (χ2n) is 6.11. The summed E-state index contributed by atoms with van der Waals surface area (Å²) in [7, 11) is 0. The molecule has 3 unspecified atom stereocenters. The molecule has 106 valence electrons. The molecule has 1 fully saturated rings. The third-order valence-electron chi connectivity index (χ3n) is 4.31. The molecule has 0 spiro atoms. The van der Waals surface area contributed by atoms with Crippen LogP contribution in [0.25, 0.3) is 0 Å². The molecule has 2 heteroatoms. The Morgan fingerprint density at radius 1 is 1.32 bits per heavy atom. The molecule has 0 aromatic heterocycles. The molecule has 1 aromatic rings. The first-order valence-corrected chi connectivity index (χ1v) is 7.70. The van der Waals surface area contributed by atoms with E-state index < -0.39 is 0 Å². The maximum absolute atomic E-state index is 9.59. The summed E-state index contributed by atoms with van der Waals surface area (Å²) in [5.41, 5.74) is 1.27. The van der Waals surface area contributed by atoms with Crippen molar-refractivity contribution >= 4 is 0 Å². The number of nitrogens with one attached hydrogen (secondary N) is 1. The molecular formula is C17H27NO. The van der Waals surface area contributed by atoms with E-state index in [9.17, 15) is 5.11 Å². The number of phenols is 1. The summed E-state index contributed by atoms with van der Waals surface area (Å²) >= 11 is 0. The van der Waals surface area contributed by atoms with Crippen LogP contribution in [0.15, 0.2) is 24.3 Å². The van der Waals surface area contributed by atoms with Crippen molar-refractivity contribution < 1.29 is 5.11 Å². The number of rotatable bonds is 5. The van der Waals surface area contributed by atoms with Crippen LogP contribution in [-0.4, -0.2) is 17.7 Å². The normalized spacial score (nSPS) is 27.4. The van der Waals surface area contributed by atoms with E-state index in [1.54, 1.807) is 6.07 Å². The van der Waals surface area contributed by atoms with Crippen LogP contribution in [0.2, 0.25) is 0 Å². The molecule has 0 saturated heterocycles. The van der Waals surface area contributed by atoms with E-state index in [1.165, 1.54) is 31.2 Å². The standard InChI is InChI=1S/C17H27NO/c1-3-9-18-17-8-7-13(2)10-15(17)11-14-5-4-6-16(19)12-14/h4-6,12-13,15,17-19H,3,7-11H2,1-2H3. The largest absolute Gasteiger partial charge is 0.508 e. The molecule has 0 amide bonds. The summed E-state index contributed by atoms with van der Waals surface area (Å²) in [5, 5.41) is 13.3. The third-order valence-corrected chi connectivity index (χ3v) is 4.31. The zero-order valence-electron chi connectivity index (χ0n) is 12.2. The van der Waals surface area contributed by atoms with Crippen molar-refractivity contribution in [3.05, 3.63) is 29.8 Å². The van der Waals surface area contributed by atoms with Gasteiger partial charge in [0.2, 0.25) is 0 Å². The number of benzene rings is 1. The van der Waals surface area contributed by atoms with Gasteiger partial charge >= 0.3 is 0 Å². The van der Waals surface area contributed by atoms with E-state index in [-0.39, 0.29) is 0 Å². The molecule has 0 radical (unpaired) electrons. The Kier molecular flexibility index (Phi) is 5.26. The van der Waals surface area contributed by atoms with E-state index in [0.29, 0.717) is 17.7 Å². The fraction of sp³-hybridized carbons (Fsp3) is 0.647. The van der Waals surface area contributed by atoms with Crippen molar-refractivity contribution in [2.45, 2.75) is 52.0 Å². The van der Waals surface area contributed by atoms with Crippen LogP contribution in [-0.2, 0) is 6.42 Å². The first-order chi connectivity index (χ1) is 9.19. The predicted octanol–water partition coefficient (Wildman–Crippen LogP) is 3.74. The van der Waals surface area contributed by atoms with Gasteiger partial charge in [-0.25, -0.2) is 0 Å². The highest BCUT2D eigenvalue weighted by Gasteiger charge is 2.28. The lowest BCUT2D eigenvalue weighted by atomic mass is 9.76. The van der Waals surface area contributed by atoms with Gasteiger partial charge in [0.15, 0.2) is 0 Å². The van der Waals surface area contributed by atoms with Gasteiger partial charge in [-0.1, -0.05) is 26.0 Å². The minimum absolute atomic E-state index is 0.388. The number of hydrogen-bond acceptors (Lipinski definition) is 2. The van der Waals surface area contributed by atoms with Crippen LogP contribution in [0.5, 0.6) is 5.75 Å². The molecule has 1 aliphatic carbocycles. The Bertz CT molecular complexity index is 389. The van der Waals surface area contributed by atoms with E-state index in [4.69, 9.17) is 0 Å². The second-order valence-corrected chi connectivity index (χ2v) is 6.11. The Labute approximate surface area is 117 Å². The Morgan fingerprint density at radius 3 is 2.89 bits per heavy atom. The van der Waals surface area contributed by atoms with Crippen molar-refractivity contribution in [3.63, 3.8) is 0 Å². The quantitative estimate of drug-likeness (QED) is 0.846. The number of hydrogen-bond donors (Lipinski definition) is 2. The van der Waals surface area contributed by atoms with Crippen LogP contribution in [0, 0.1) is 11.8 Å². The van der Waals surface area contributed by atoms with Crippen molar-refractivity contribution in [3.8, 4) is 5.75 Å². The van der Waals surface area contributed by atoms with Gasteiger partial charge in [-0.2, -0.15) is 0 Å². The summed E-state index contributed by atoms with van der Waals surface area (Å²) in [6.45, 7) is 5.71. The number of phenolic OH excluding ortho intramolecular Hbond substituents is 1. The zero-order chi connectivity index (χ0) is 13.7. The summed E-state index contributed by atoms with van der Waals surface area (Å²) in [6.07, 6.45) is 6.23.